The lowest BCUT2D eigenvalue weighted by Crippen LogP contribution is -1.88. The lowest BCUT2D eigenvalue weighted by atomic mass is 10.1. The molecule has 0 radical (unpaired) electrons. The minimum Gasteiger partial charge on any atom is -0.161 e. The predicted octanol–water partition coefficient (Wildman–Crippen LogP) is 3.93. The van der Waals surface area contributed by atoms with Crippen LogP contribution in [0.5, 0.6) is 0 Å². The van der Waals surface area contributed by atoms with Crippen LogP contribution in [0.4, 0.5) is 0 Å². The van der Waals surface area contributed by atoms with E-state index in [1.807, 2.05) is 11.8 Å². The molecule has 0 saturated heterocycles. The van der Waals surface area contributed by atoms with Crippen LogP contribution in [-0.4, -0.2) is 6.26 Å². The van der Waals surface area contributed by atoms with E-state index in [1.165, 1.54) is 21.2 Å². The van der Waals surface area contributed by atoms with Crippen LogP contribution < -0.4 is 0 Å². The molecule has 0 aliphatic carbocycles. The van der Waals surface area contributed by atoms with Crippen molar-refractivity contribution >= 4 is 27.7 Å². The summed E-state index contributed by atoms with van der Waals surface area (Å²) in [7, 11) is 0. The smallest absolute Gasteiger partial charge is 0.0207 e. The number of halogens is 1. The maximum Gasteiger partial charge on any atom is 0.0207 e. The molecule has 0 amide bonds. The van der Waals surface area contributed by atoms with E-state index in [0.29, 0.717) is 0 Å². The van der Waals surface area contributed by atoms with E-state index in [1.54, 1.807) is 0 Å². The maximum atomic E-state index is 3.52. The van der Waals surface area contributed by atoms with Gasteiger partial charge in [0.25, 0.3) is 0 Å². The van der Waals surface area contributed by atoms with Crippen molar-refractivity contribution in [3.05, 3.63) is 33.3 Å². The van der Waals surface area contributed by atoms with Gasteiger partial charge in [0, 0.05) is 10.2 Å². The third-order valence-corrected chi connectivity index (χ3v) is 3.37. The Kier molecular flexibility index (Phi) is 3.66. The van der Waals surface area contributed by atoms with Gasteiger partial charge in [-0.1, -0.05) is 22.0 Å². The summed E-state index contributed by atoms with van der Waals surface area (Å²) in [5.41, 5.74) is 4.15. The molecule has 1 rings (SSSR count). The lowest BCUT2D eigenvalue weighted by molar-refractivity contribution is 1.26. The van der Waals surface area contributed by atoms with Gasteiger partial charge in [0.15, 0.2) is 0 Å². The normalized spacial score (nSPS) is 10.3. The largest absolute Gasteiger partial charge is 0.161 e. The van der Waals surface area contributed by atoms with Crippen molar-refractivity contribution in [3.8, 4) is 0 Å². The van der Waals surface area contributed by atoms with Crippen LogP contribution in [-0.2, 0) is 5.75 Å². The first kappa shape index (κ1) is 10.1. The molecule has 0 atom stereocenters. The van der Waals surface area contributed by atoms with Crippen LogP contribution in [0.2, 0.25) is 0 Å². The van der Waals surface area contributed by atoms with Crippen molar-refractivity contribution in [2.75, 3.05) is 6.26 Å². The van der Waals surface area contributed by atoms with E-state index < -0.39 is 0 Å². The number of rotatable bonds is 2. The fourth-order valence-corrected chi connectivity index (χ4v) is 2.23. The SMILES string of the molecule is CSCc1cc(C)c(Br)cc1C. The average molecular weight is 245 g/mol. The second kappa shape index (κ2) is 4.33. The van der Waals surface area contributed by atoms with E-state index in [4.69, 9.17) is 0 Å². The number of hydrogen-bond acceptors (Lipinski definition) is 1. The molecule has 1 aromatic carbocycles. The summed E-state index contributed by atoms with van der Waals surface area (Å²) in [6.07, 6.45) is 2.14. The minimum atomic E-state index is 1.11. The molecular weight excluding hydrogens is 232 g/mol. The highest BCUT2D eigenvalue weighted by Gasteiger charge is 2.01. The molecule has 0 aromatic heterocycles. The topological polar surface area (TPSA) is 0 Å². The van der Waals surface area contributed by atoms with Gasteiger partial charge in [-0.15, -0.1) is 0 Å². The molecule has 0 aliphatic rings. The molecule has 0 unspecified atom stereocenters. The zero-order chi connectivity index (χ0) is 9.14. The molecule has 1 aromatic rings. The van der Waals surface area contributed by atoms with Gasteiger partial charge in [-0.3, -0.25) is 0 Å². The molecule has 2 heteroatoms. The Morgan fingerprint density at radius 1 is 1.25 bits per heavy atom. The highest BCUT2D eigenvalue weighted by atomic mass is 79.9. The monoisotopic (exact) mass is 244 g/mol. The lowest BCUT2D eigenvalue weighted by Gasteiger charge is -2.06. The fourth-order valence-electron chi connectivity index (χ4n) is 1.15. The molecule has 0 fully saturated rings. The Labute approximate surface area is 86.9 Å². The van der Waals surface area contributed by atoms with Crippen LogP contribution in [0.15, 0.2) is 16.6 Å². The van der Waals surface area contributed by atoms with Gasteiger partial charge in [-0.05, 0) is 42.9 Å². The second-order valence-electron chi connectivity index (χ2n) is 2.96. The van der Waals surface area contributed by atoms with Crippen LogP contribution >= 0.6 is 27.7 Å². The second-order valence-corrected chi connectivity index (χ2v) is 4.68. The quantitative estimate of drug-likeness (QED) is 0.760. The molecular formula is C10H13BrS. The van der Waals surface area contributed by atoms with Crippen molar-refractivity contribution in [2.45, 2.75) is 19.6 Å². The molecule has 66 valence electrons. The summed E-state index contributed by atoms with van der Waals surface area (Å²) in [6, 6.07) is 4.46. The predicted molar refractivity (Wildman–Crippen MR) is 60.8 cm³/mol. The first-order chi connectivity index (χ1) is 5.65. The zero-order valence-corrected chi connectivity index (χ0v) is 10.1. The highest BCUT2D eigenvalue weighted by molar-refractivity contribution is 9.10. The summed E-state index contributed by atoms with van der Waals surface area (Å²) in [6.45, 7) is 4.29. The van der Waals surface area contributed by atoms with Crippen LogP contribution in [0, 0.1) is 13.8 Å². The summed E-state index contributed by atoms with van der Waals surface area (Å²) in [5, 5.41) is 0. The Hall–Kier alpha value is 0.0500. The van der Waals surface area contributed by atoms with Gasteiger partial charge in [0.2, 0.25) is 0 Å². The third kappa shape index (κ3) is 2.27. The van der Waals surface area contributed by atoms with Gasteiger partial charge in [-0.25, -0.2) is 0 Å². The molecule has 0 spiro atoms. The van der Waals surface area contributed by atoms with E-state index in [-0.39, 0.29) is 0 Å². The Balaban J connectivity index is 3.05. The number of thioether (sulfide) groups is 1. The van der Waals surface area contributed by atoms with Crippen molar-refractivity contribution < 1.29 is 0 Å². The Morgan fingerprint density at radius 2 is 1.92 bits per heavy atom. The van der Waals surface area contributed by atoms with Crippen molar-refractivity contribution in [1.29, 1.82) is 0 Å². The molecule has 0 saturated carbocycles. The fraction of sp³-hybridized carbons (Fsp3) is 0.400. The summed E-state index contributed by atoms with van der Waals surface area (Å²) in [4.78, 5) is 0. The Bertz CT molecular complexity index is 281. The summed E-state index contributed by atoms with van der Waals surface area (Å²) >= 11 is 5.39. The van der Waals surface area contributed by atoms with Gasteiger partial charge >= 0.3 is 0 Å². The molecule has 0 heterocycles. The van der Waals surface area contributed by atoms with Gasteiger partial charge in [0.05, 0.1) is 0 Å². The number of benzene rings is 1. The van der Waals surface area contributed by atoms with Crippen LogP contribution in [0.25, 0.3) is 0 Å². The molecule has 0 N–H and O–H groups in total. The number of aryl methyl sites for hydroxylation is 2. The van der Waals surface area contributed by atoms with Crippen LogP contribution in [0.1, 0.15) is 16.7 Å². The minimum absolute atomic E-state index is 1.11. The third-order valence-electron chi connectivity index (χ3n) is 1.92. The van der Waals surface area contributed by atoms with Gasteiger partial charge in [0.1, 0.15) is 0 Å². The van der Waals surface area contributed by atoms with E-state index in [2.05, 4.69) is 48.2 Å². The molecule has 0 aliphatic heterocycles. The van der Waals surface area contributed by atoms with Crippen molar-refractivity contribution in [2.24, 2.45) is 0 Å². The standard InChI is InChI=1S/C10H13BrS/c1-7-5-10(11)8(2)4-9(7)6-12-3/h4-5H,6H2,1-3H3. The van der Waals surface area contributed by atoms with E-state index in [0.717, 1.165) is 5.75 Å². The number of hydrogen-bond donors (Lipinski definition) is 0. The molecule has 0 bridgehead atoms. The first-order valence-electron chi connectivity index (χ1n) is 3.89. The van der Waals surface area contributed by atoms with Gasteiger partial charge < -0.3 is 0 Å². The molecule has 0 nitrogen and oxygen atoms in total. The van der Waals surface area contributed by atoms with Crippen molar-refractivity contribution in [1.82, 2.24) is 0 Å². The van der Waals surface area contributed by atoms with E-state index in [9.17, 15) is 0 Å². The van der Waals surface area contributed by atoms with E-state index >= 15 is 0 Å². The average Bonchev–Trinajstić information content (AvgIpc) is 2.01. The molecule has 12 heavy (non-hydrogen) atoms. The first-order valence-corrected chi connectivity index (χ1v) is 6.08. The summed E-state index contributed by atoms with van der Waals surface area (Å²) < 4.78 is 1.21. The van der Waals surface area contributed by atoms with Gasteiger partial charge in [-0.2, -0.15) is 11.8 Å². The Morgan fingerprint density at radius 3 is 2.50 bits per heavy atom. The highest BCUT2D eigenvalue weighted by Crippen LogP contribution is 2.23. The zero-order valence-electron chi connectivity index (χ0n) is 7.65. The summed E-state index contributed by atoms with van der Waals surface area (Å²) in [5.74, 6) is 1.11. The van der Waals surface area contributed by atoms with Crippen molar-refractivity contribution in [3.63, 3.8) is 0 Å². The van der Waals surface area contributed by atoms with Crippen LogP contribution in [0.3, 0.4) is 0 Å². The maximum absolute atomic E-state index is 3.52.